The average Bonchev–Trinajstić information content (AvgIpc) is 3.35. The molecule has 1 aromatic heterocycles. The van der Waals surface area contributed by atoms with Crippen LogP contribution in [-0.4, -0.2) is 70.1 Å². The second kappa shape index (κ2) is 13.3. The highest BCUT2D eigenvalue weighted by atomic mass is 35.5. The van der Waals surface area contributed by atoms with E-state index in [1.165, 1.54) is 21.2 Å². The minimum absolute atomic E-state index is 0.139. The van der Waals surface area contributed by atoms with Gasteiger partial charge in [-0.25, -0.2) is 9.59 Å². The van der Waals surface area contributed by atoms with Gasteiger partial charge in [0, 0.05) is 43.0 Å². The molecule has 0 saturated carbocycles. The summed E-state index contributed by atoms with van der Waals surface area (Å²) >= 11 is 7.94. The molecule has 2 aliphatic heterocycles. The first kappa shape index (κ1) is 29.5. The monoisotopic (exact) mass is 606 g/mol. The quantitative estimate of drug-likeness (QED) is 0.288. The second-order valence-electron chi connectivity index (χ2n) is 10.2. The molecule has 1 fully saturated rings. The summed E-state index contributed by atoms with van der Waals surface area (Å²) in [6.45, 7) is 4.84. The summed E-state index contributed by atoms with van der Waals surface area (Å²) in [5, 5.41) is 16.7. The van der Waals surface area contributed by atoms with Crippen molar-refractivity contribution in [2.45, 2.75) is 25.7 Å². The van der Waals surface area contributed by atoms with Crippen LogP contribution >= 0.6 is 23.1 Å². The van der Waals surface area contributed by atoms with Crippen LogP contribution in [0.1, 0.15) is 24.0 Å². The van der Waals surface area contributed by atoms with E-state index in [4.69, 9.17) is 35.8 Å². The Labute approximate surface area is 252 Å². The number of amides is 1. The smallest absolute Gasteiger partial charge is 0.414 e. The third-order valence-corrected chi connectivity index (χ3v) is 8.56. The number of carboxylic acid groups (broad SMARTS) is 2. The molecule has 218 valence electrons. The van der Waals surface area contributed by atoms with E-state index in [0.717, 1.165) is 69.2 Å². The van der Waals surface area contributed by atoms with Crippen molar-refractivity contribution in [3.63, 3.8) is 0 Å². The number of anilines is 3. The van der Waals surface area contributed by atoms with Crippen LogP contribution in [0.2, 0.25) is 5.02 Å². The molecule has 0 aliphatic carbocycles. The topological polar surface area (TPSA) is 114 Å². The Balaban J connectivity index is 0.000000535. The molecule has 3 heterocycles. The fourth-order valence-corrected chi connectivity index (χ4v) is 6.38. The van der Waals surface area contributed by atoms with Crippen LogP contribution < -0.4 is 9.80 Å². The van der Waals surface area contributed by atoms with Crippen LogP contribution in [0.15, 0.2) is 66.7 Å². The highest BCUT2D eigenvalue weighted by molar-refractivity contribution is 7.13. The fourth-order valence-electron chi connectivity index (χ4n) is 5.41. The van der Waals surface area contributed by atoms with Crippen molar-refractivity contribution in [3.05, 3.63) is 82.9 Å². The van der Waals surface area contributed by atoms with Gasteiger partial charge in [0.15, 0.2) is 0 Å². The number of piperazine rings is 1. The number of aryl methyl sites for hydroxylation is 2. The lowest BCUT2D eigenvalue weighted by molar-refractivity contribution is -0.159. The molecule has 0 radical (unpaired) electrons. The van der Waals surface area contributed by atoms with Gasteiger partial charge in [0.2, 0.25) is 5.91 Å². The number of nitrogens with zero attached hydrogens (tertiary/aromatic N) is 4. The van der Waals surface area contributed by atoms with E-state index in [0.29, 0.717) is 11.4 Å². The van der Waals surface area contributed by atoms with Gasteiger partial charge in [0.05, 0.1) is 16.1 Å². The van der Waals surface area contributed by atoms with E-state index in [-0.39, 0.29) is 5.91 Å². The van der Waals surface area contributed by atoms with Gasteiger partial charge in [0.25, 0.3) is 0 Å². The SMILES string of the molecule is O=C(CCCN1CCN(c2nsc3ccccc23)CC1)N1c2ccccc2CCc2ccc(Cl)cc21.O=C(O)C(=O)O. The van der Waals surface area contributed by atoms with Crippen molar-refractivity contribution in [2.24, 2.45) is 0 Å². The summed E-state index contributed by atoms with van der Waals surface area (Å²) in [6, 6.07) is 22.7. The molecule has 1 saturated heterocycles. The maximum Gasteiger partial charge on any atom is 0.414 e. The second-order valence-corrected chi connectivity index (χ2v) is 11.4. The van der Waals surface area contributed by atoms with Crippen molar-refractivity contribution in [3.8, 4) is 0 Å². The first-order chi connectivity index (χ1) is 20.3. The predicted octanol–water partition coefficient (Wildman–Crippen LogP) is 5.47. The molecule has 2 aliphatic rings. The number of benzene rings is 3. The summed E-state index contributed by atoms with van der Waals surface area (Å²) in [7, 11) is 0. The van der Waals surface area contributed by atoms with Crippen LogP contribution in [0, 0.1) is 0 Å². The number of fused-ring (bicyclic) bond motifs is 3. The molecular weight excluding hydrogens is 576 g/mol. The number of para-hydroxylation sites is 1. The van der Waals surface area contributed by atoms with Crippen LogP contribution in [0.3, 0.4) is 0 Å². The van der Waals surface area contributed by atoms with E-state index < -0.39 is 11.9 Å². The van der Waals surface area contributed by atoms with Gasteiger partial charge in [0.1, 0.15) is 5.82 Å². The van der Waals surface area contributed by atoms with E-state index in [1.54, 1.807) is 11.5 Å². The first-order valence-corrected chi connectivity index (χ1v) is 14.9. The summed E-state index contributed by atoms with van der Waals surface area (Å²) in [6.07, 6.45) is 3.18. The largest absolute Gasteiger partial charge is 0.473 e. The molecule has 11 heteroatoms. The lowest BCUT2D eigenvalue weighted by atomic mass is 10.0. The van der Waals surface area contributed by atoms with Crippen molar-refractivity contribution in [1.82, 2.24) is 9.27 Å². The maximum absolute atomic E-state index is 13.6. The van der Waals surface area contributed by atoms with Gasteiger partial charge < -0.3 is 15.1 Å². The number of halogens is 1. The van der Waals surface area contributed by atoms with Crippen LogP contribution in [0.4, 0.5) is 17.2 Å². The van der Waals surface area contributed by atoms with Crippen LogP contribution in [-0.2, 0) is 27.2 Å². The Hall–Kier alpha value is -3.99. The summed E-state index contributed by atoms with van der Waals surface area (Å²) in [5.74, 6) is -2.40. The molecule has 4 aromatic rings. The minimum Gasteiger partial charge on any atom is -0.473 e. The standard InChI is InChI=1S/C29H29ClN4OS.C2H2O4/c30-23-14-13-22-12-11-21-6-1-3-8-25(21)34(26(22)20-23)28(35)10-5-15-32-16-18-33(19-17-32)29-24-7-2-4-9-27(24)36-31-29;3-1(4)2(5)6/h1-4,6-9,13-14,20H,5,10-12,15-19H2;(H,3,4)(H,5,6). The van der Waals surface area contributed by atoms with Gasteiger partial charge in [-0.3, -0.25) is 14.6 Å². The number of aromatic nitrogens is 1. The number of carbonyl (C=O) groups excluding carboxylic acids is 1. The minimum atomic E-state index is -1.82. The molecule has 0 atom stereocenters. The van der Waals surface area contributed by atoms with Crippen molar-refractivity contribution >= 4 is 68.3 Å². The van der Waals surface area contributed by atoms with Crippen molar-refractivity contribution in [2.75, 3.05) is 42.5 Å². The Morgan fingerprint density at radius 3 is 2.24 bits per heavy atom. The molecule has 2 N–H and O–H groups in total. The zero-order valence-corrected chi connectivity index (χ0v) is 24.5. The molecule has 3 aromatic carbocycles. The van der Waals surface area contributed by atoms with Gasteiger partial charge in [-0.05, 0) is 78.8 Å². The molecule has 9 nitrogen and oxygen atoms in total. The fraction of sp³-hybridized carbons (Fsp3) is 0.290. The Morgan fingerprint density at radius 1 is 0.833 bits per heavy atom. The van der Waals surface area contributed by atoms with Gasteiger partial charge >= 0.3 is 11.9 Å². The van der Waals surface area contributed by atoms with E-state index in [9.17, 15) is 4.79 Å². The highest BCUT2D eigenvalue weighted by Crippen LogP contribution is 2.38. The Morgan fingerprint density at radius 2 is 1.50 bits per heavy atom. The van der Waals surface area contributed by atoms with Crippen LogP contribution in [0.25, 0.3) is 10.1 Å². The molecular formula is C31H31ClN4O5S. The number of hydrogen-bond donors (Lipinski definition) is 2. The molecule has 0 bridgehead atoms. The van der Waals surface area contributed by atoms with Gasteiger partial charge in [-0.15, -0.1) is 0 Å². The van der Waals surface area contributed by atoms with E-state index in [2.05, 4.69) is 58.3 Å². The third-order valence-electron chi connectivity index (χ3n) is 7.51. The molecule has 42 heavy (non-hydrogen) atoms. The lowest BCUT2D eigenvalue weighted by Crippen LogP contribution is -2.47. The molecule has 0 unspecified atom stereocenters. The summed E-state index contributed by atoms with van der Waals surface area (Å²) in [5.41, 5.74) is 4.31. The number of carboxylic acids is 2. The van der Waals surface area contributed by atoms with E-state index in [1.807, 2.05) is 23.1 Å². The molecule has 0 spiro atoms. The number of rotatable bonds is 5. The van der Waals surface area contributed by atoms with E-state index >= 15 is 0 Å². The number of hydrogen-bond acceptors (Lipinski definition) is 7. The average molecular weight is 607 g/mol. The Bertz CT molecular complexity index is 1590. The zero-order chi connectivity index (χ0) is 29.6. The van der Waals surface area contributed by atoms with Crippen molar-refractivity contribution < 1.29 is 24.6 Å². The maximum atomic E-state index is 13.6. The summed E-state index contributed by atoms with van der Waals surface area (Å²) in [4.78, 5) is 38.6. The zero-order valence-electron chi connectivity index (χ0n) is 22.9. The third kappa shape index (κ3) is 6.73. The Kier molecular flexibility index (Phi) is 9.36. The normalized spacial score (nSPS) is 14.8. The van der Waals surface area contributed by atoms with Gasteiger partial charge in [-0.1, -0.05) is 48.0 Å². The van der Waals surface area contributed by atoms with Crippen molar-refractivity contribution in [1.29, 1.82) is 0 Å². The molecule has 6 rings (SSSR count). The molecule has 1 amide bonds. The predicted molar refractivity (Wildman–Crippen MR) is 165 cm³/mol. The number of carbonyl (C=O) groups is 3. The van der Waals surface area contributed by atoms with Crippen LogP contribution in [0.5, 0.6) is 0 Å². The highest BCUT2D eigenvalue weighted by Gasteiger charge is 2.26. The first-order valence-electron chi connectivity index (χ1n) is 13.8. The summed E-state index contributed by atoms with van der Waals surface area (Å²) < 4.78 is 5.96. The van der Waals surface area contributed by atoms with Gasteiger partial charge in [-0.2, -0.15) is 4.37 Å². The lowest BCUT2D eigenvalue weighted by Gasteiger charge is -2.35. The number of aliphatic carboxylic acids is 2.